The summed E-state index contributed by atoms with van der Waals surface area (Å²) >= 11 is 0. The molecule has 2 fully saturated rings. The van der Waals surface area contributed by atoms with Gasteiger partial charge in [-0.05, 0) is 45.4 Å². The number of hydrogen-bond donors (Lipinski definition) is 2. The zero-order valence-electron chi connectivity index (χ0n) is 12.5. The Balaban J connectivity index is 1.90. The first-order valence-electron chi connectivity index (χ1n) is 7.87. The van der Waals surface area contributed by atoms with E-state index >= 15 is 0 Å². The molecule has 1 saturated heterocycles. The Morgan fingerprint density at radius 3 is 2.68 bits per heavy atom. The standard InChI is InChI=1S/C15H30N2O2/c1-12(2)18-11-14(17-16)13-6-9-19-15(10-13)7-4-3-5-8-15/h12-14,17H,3-11,16H2,1-2H3. The van der Waals surface area contributed by atoms with Crippen LogP contribution in [0.5, 0.6) is 0 Å². The van der Waals surface area contributed by atoms with E-state index in [4.69, 9.17) is 15.3 Å². The van der Waals surface area contributed by atoms with Gasteiger partial charge >= 0.3 is 0 Å². The van der Waals surface area contributed by atoms with Gasteiger partial charge in [0.1, 0.15) is 0 Å². The summed E-state index contributed by atoms with van der Waals surface area (Å²) < 4.78 is 11.9. The lowest BCUT2D eigenvalue weighted by Crippen LogP contribution is -2.51. The third-order valence-corrected chi connectivity index (χ3v) is 4.69. The van der Waals surface area contributed by atoms with Gasteiger partial charge in [-0.1, -0.05) is 19.3 Å². The van der Waals surface area contributed by atoms with Gasteiger partial charge in [-0.15, -0.1) is 0 Å². The van der Waals surface area contributed by atoms with Crippen molar-refractivity contribution in [3.63, 3.8) is 0 Å². The number of ether oxygens (including phenoxy) is 2. The third-order valence-electron chi connectivity index (χ3n) is 4.69. The van der Waals surface area contributed by atoms with Crippen LogP contribution in [0.1, 0.15) is 58.8 Å². The van der Waals surface area contributed by atoms with E-state index in [0.29, 0.717) is 12.5 Å². The van der Waals surface area contributed by atoms with Crippen molar-refractivity contribution in [2.45, 2.75) is 76.5 Å². The first-order valence-corrected chi connectivity index (χ1v) is 7.87. The summed E-state index contributed by atoms with van der Waals surface area (Å²) in [7, 11) is 0. The van der Waals surface area contributed by atoms with Crippen LogP contribution in [0.3, 0.4) is 0 Å². The Bertz CT molecular complexity index is 259. The summed E-state index contributed by atoms with van der Waals surface area (Å²) in [5.74, 6) is 6.32. The van der Waals surface area contributed by atoms with Gasteiger partial charge in [0.05, 0.1) is 18.3 Å². The Morgan fingerprint density at radius 2 is 2.05 bits per heavy atom. The third kappa shape index (κ3) is 4.15. The fourth-order valence-corrected chi connectivity index (χ4v) is 3.57. The van der Waals surface area contributed by atoms with Crippen LogP contribution in [-0.2, 0) is 9.47 Å². The van der Waals surface area contributed by atoms with Crippen LogP contribution in [0.4, 0.5) is 0 Å². The van der Waals surface area contributed by atoms with Gasteiger partial charge in [0.25, 0.3) is 0 Å². The normalized spacial score (nSPS) is 28.7. The highest BCUT2D eigenvalue weighted by molar-refractivity contribution is 4.92. The molecule has 0 aromatic carbocycles. The van der Waals surface area contributed by atoms with E-state index in [9.17, 15) is 0 Å². The van der Waals surface area contributed by atoms with E-state index < -0.39 is 0 Å². The fraction of sp³-hybridized carbons (Fsp3) is 1.00. The molecule has 4 nitrogen and oxygen atoms in total. The molecule has 1 saturated carbocycles. The molecule has 1 aliphatic heterocycles. The molecule has 1 spiro atoms. The van der Waals surface area contributed by atoms with E-state index in [-0.39, 0.29) is 17.7 Å². The molecule has 2 atom stereocenters. The van der Waals surface area contributed by atoms with Gasteiger partial charge < -0.3 is 9.47 Å². The van der Waals surface area contributed by atoms with Crippen molar-refractivity contribution in [2.24, 2.45) is 11.8 Å². The van der Waals surface area contributed by atoms with Crippen molar-refractivity contribution in [3.05, 3.63) is 0 Å². The minimum absolute atomic E-state index is 0.147. The Labute approximate surface area is 117 Å². The van der Waals surface area contributed by atoms with Gasteiger partial charge in [-0.3, -0.25) is 11.3 Å². The number of rotatable bonds is 5. The minimum Gasteiger partial charge on any atom is -0.377 e. The van der Waals surface area contributed by atoms with Crippen molar-refractivity contribution in [2.75, 3.05) is 13.2 Å². The number of nitrogens with two attached hydrogens (primary N) is 1. The maximum absolute atomic E-state index is 6.15. The van der Waals surface area contributed by atoms with Crippen LogP contribution in [0.15, 0.2) is 0 Å². The van der Waals surface area contributed by atoms with Crippen molar-refractivity contribution in [1.82, 2.24) is 5.43 Å². The Hall–Kier alpha value is -0.160. The SMILES string of the molecule is CC(C)OCC(NN)C1CCOC2(CCCCC2)C1. The molecule has 19 heavy (non-hydrogen) atoms. The zero-order valence-corrected chi connectivity index (χ0v) is 12.5. The van der Waals surface area contributed by atoms with Crippen molar-refractivity contribution < 1.29 is 9.47 Å². The first kappa shape index (κ1) is 15.2. The Morgan fingerprint density at radius 1 is 1.32 bits per heavy atom. The quantitative estimate of drug-likeness (QED) is 0.595. The molecule has 2 aliphatic rings. The lowest BCUT2D eigenvalue weighted by Gasteiger charge is -2.45. The van der Waals surface area contributed by atoms with Gasteiger partial charge in [-0.25, -0.2) is 0 Å². The molecule has 0 radical (unpaired) electrons. The number of nitrogens with one attached hydrogen (secondary N) is 1. The maximum atomic E-state index is 6.15. The van der Waals surface area contributed by atoms with E-state index in [2.05, 4.69) is 19.3 Å². The number of hydrogen-bond acceptors (Lipinski definition) is 4. The first-order chi connectivity index (χ1) is 9.15. The highest BCUT2D eigenvalue weighted by Crippen LogP contribution is 2.41. The van der Waals surface area contributed by atoms with Gasteiger partial charge in [-0.2, -0.15) is 0 Å². The largest absolute Gasteiger partial charge is 0.377 e. The molecule has 4 heteroatoms. The van der Waals surface area contributed by atoms with E-state index in [1.54, 1.807) is 0 Å². The zero-order chi connectivity index (χ0) is 13.7. The second-order valence-corrected chi connectivity index (χ2v) is 6.50. The van der Waals surface area contributed by atoms with Crippen LogP contribution >= 0.6 is 0 Å². The number of hydrazine groups is 1. The summed E-state index contributed by atoms with van der Waals surface area (Å²) in [6, 6.07) is 0.255. The van der Waals surface area contributed by atoms with Crippen LogP contribution in [0, 0.1) is 5.92 Å². The molecule has 1 aliphatic carbocycles. The predicted molar refractivity (Wildman–Crippen MR) is 76.7 cm³/mol. The average molecular weight is 270 g/mol. The highest BCUT2D eigenvalue weighted by Gasteiger charge is 2.40. The second-order valence-electron chi connectivity index (χ2n) is 6.50. The summed E-state index contributed by atoms with van der Waals surface area (Å²) in [6.45, 7) is 5.72. The van der Waals surface area contributed by atoms with E-state index in [1.807, 2.05) is 0 Å². The van der Waals surface area contributed by atoms with E-state index in [1.165, 1.54) is 32.1 Å². The topological polar surface area (TPSA) is 56.5 Å². The molecular formula is C15H30N2O2. The van der Waals surface area contributed by atoms with Gasteiger partial charge in [0.2, 0.25) is 0 Å². The maximum Gasteiger partial charge on any atom is 0.0685 e. The summed E-state index contributed by atoms with van der Waals surface area (Å²) in [6.07, 6.45) is 8.95. The van der Waals surface area contributed by atoms with Crippen molar-refractivity contribution in [1.29, 1.82) is 0 Å². The van der Waals surface area contributed by atoms with Crippen molar-refractivity contribution >= 4 is 0 Å². The smallest absolute Gasteiger partial charge is 0.0685 e. The monoisotopic (exact) mass is 270 g/mol. The molecule has 0 amide bonds. The summed E-state index contributed by atoms with van der Waals surface area (Å²) in [5, 5.41) is 0. The molecule has 0 bridgehead atoms. The van der Waals surface area contributed by atoms with Crippen molar-refractivity contribution in [3.8, 4) is 0 Å². The summed E-state index contributed by atoms with van der Waals surface area (Å²) in [4.78, 5) is 0. The molecule has 2 rings (SSSR count). The molecule has 0 aromatic rings. The molecular weight excluding hydrogens is 240 g/mol. The fourth-order valence-electron chi connectivity index (χ4n) is 3.57. The molecule has 1 heterocycles. The molecule has 0 aromatic heterocycles. The van der Waals surface area contributed by atoms with Gasteiger partial charge in [0, 0.05) is 12.6 Å². The molecule has 3 N–H and O–H groups in total. The average Bonchev–Trinajstić information content (AvgIpc) is 2.40. The van der Waals surface area contributed by atoms with Crippen LogP contribution < -0.4 is 11.3 Å². The highest BCUT2D eigenvalue weighted by atomic mass is 16.5. The van der Waals surface area contributed by atoms with Crippen LogP contribution in [-0.4, -0.2) is 31.0 Å². The van der Waals surface area contributed by atoms with Crippen LogP contribution in [0.25, 0.3) is 0 Å². The molecule has 2 unspecified atom stereocenters. The summed E-state index contributed by atoms with van der Waals surface area (Å²) in [5.41, 5.74) is 3.12. The van der Waals surface area contributed by atoms with Crippen LogP contribution in [0.2, 0.25) is 0 Å². The lowest BCUT2D eigenvalue weighted by molar-refractivity contribution is -0.125. The predicted octanol–water partition coefficient (Wildman–Crippen LogP) is 2.37. The Kier molecular flexibility index (Phi) is 5.63. The second kappa shape index (κ2) is 7.02. The lowest BCUT2D eigenvalue weighted by atomic mass is 9.74. The minimum atomic E-state index is 0.147. The van der Waals surface area contributed by atoms with E-state index in [0.717, 1.165) is 19.4 Å². The molecule has 112 valence electrons. The van der Waals surface area contributed by atoms with Gasteiger partial charge in [0.15, 0.2) is 0 Å².